The minimum absolute atomic E-state index is 0.190. The number of halogens is 1. The Balaban J connectivity index is 2.23. The van der Waals surface area contributed by atoms with Crippen LogP contribution in [0.3, 0.4) is 0 Å². The van der Waals surface area contributed by atoms with Gasteiger partial charge in [0.1, 0.15) is 5.82 Å². The fraction of sp³-hybridized carbons (Fsp3) is 0.273. The van der Waals surface area contributed by atoms with E-state index in [-0.39, 0.29) is 5.91 Å². The highest BCUT2D eigenvalue weighted by atomic mass is 32.2. The minimum Gasteiger partial charge on any atom is -0.286 e. The van der Waals surface area contributed by atoms with Crippen LogP contribution in [0.1, 0.15) is 10.4 Å². The predicted molar refractivity (Wildman–Crippen MR) is 63.3 cm³/mol. The van der Waals surface area contributed by atoms with Gasteiger partial charge in [0.2, 0.25) is 0 Å². The Morgan fingerprint density at radius 2 is 2.38 bits per heavy atom. The molecule has 0 bridgehead atoms. The quantitative estimate of drug-likeness (QED) is 0.749. The van der Waals surface area contributed by atoms with Gasteiger partial charge in [0.15, 0.2) is 5.17 Å². The molecular weight excluding hydrogens is 227 g/mol. The monoisotopic (exact) mass is 238 g/mol. The second kappa shape index (κ2) is 4.65. The lowest BCUT2D eigenvalue weighted by Crippen LogP contribution is -2.32. The average Bonchev–Trinajstić information content (AvgIpc) is 2.76. The van der Waals surface area contributed by atoms with Gasteiger partial charge >= 0.3 is 0 Å². The van der Waals surface area contributed by atoms with Gasteiger partial charge in [-0.2, -0.15) is 0 Å². The Kier molecular flexibility index (Phi) is 3.24. The zero-order valence-corrected chi connectivity index (χ0v) is 9.63. The van der Waals surface area contributed by atoms with E-state index in [9.17, 15) is 9.18 Å². The first kappa shape index (κ1) is 11.1. The summed E-state index contributed by atoms with van der Waals surface area (Å²) in [5.41, 5.74) is 0.364. The number of benzene rings is 1. The molecule has 2 rings (SSSR count). The molecule has 0 N–H and O–H groups in total. The molecule has 0 aromatic heterocycles. The van der Waals surface area contributed by atoms with Crippen molar-refractivity contribution in [3.8, 4) is 0 Å². The number of aliphatic imine (C=N–C) groups is 1. The molecular formula is C11H11FN2OS. The number of amides is 1. The summed E-state index contributed by atoms with van der Waals surface area (Å²) in [4.78, 5) is 17.8. The van der Waals surface area contributed by atoms with Gasteiger partial charge in [-0.15, -0.1) is 0 Å². The van der Waals surface area contributed by atoms with Gasteiger partial charge in [-0.25, -0.2) is 4.39 Å². The maximum absolute atomic E-state index is 13.0. The number of hydrogen-bond donors (Lipinski definition) is 0. The van der Waals surface area contributed by atoms with Gasteiger partial charge in [0.25, 0.3) is 5.91 Å². The molecule has 1 aromatic rings. The molecule has 1 aliphatic rings. The Labute approximate surface area is 97.4 Å². The summed E-state index contributed by atoms with van der Waals surface area (Å²) in [6.45, 7) is 1.20. The fourth-order valence-electron chi connectivity index (χ4n) is 1.57. The van der Waals surface area contributed by atoms with E-state index in [1.54, 1.807) is 11.0 Å². The van der Waals surface area contributed by atoms with E-state index in [1.807, 2.05) is 6.26 Å². The lowest BCUT2D eigenvalue weighted by molar-refractivity contribution is 0.0860. The number of rotatable bonds is 1. The molecule has 0 saturated carbocycles. The molecule has 3 nitrogen and oxygen atoms in total. The number of carbonyl (C=O) groups is 1. The van der Waals surface area contributed by atoms with Gasteiger partial charge in [-0.05, 0) is 24.5 Å². The van der Waals surface area contributed by atoms with Crippen LogP contribution < -0.4 is 0 Å². The summed E-state index contributed by atoms with van der Waals surface area (Å²) in [6, 6.07) is 5.72. The summed E-state index contributed by atoms with van der Waals surface area (Å²) in [5, 5.41) is 0.703. The van der Waals surface area contributed by atoms with Gasteiger partial charge < -0.3 is 0 Å². The van der Waals surface area contributed by atoms with E-state index in [0.717, 1.165) is 0 Å². The standard InChI is InChI=1S/C11H11FN2OS/c1-16-11-13-5-6-14(11)10(15)8-3-2-4-9(12)7-8/h2-4,7H,5-6H2,1H3. The Morgan fingerprint density at radius 3 is 3.06 bits per heavy atom. The first-order valence-corrected chi connectivity index (χ1v) is 6.10. The third kappa shape index (κ3) is 2.09. The maximum atomic E-state index is 13.0. The van der Waals surface area contributed by atoms with E-state index in [4.69, 9.17) is 0 Å². The van der Waals surface area contributed by atoms with Crippen LogP contribution in [-0.2, 0) is 0 Å². The number of carbonyl (C=O) groups excluding carboxylic acids is 1. The number of thioether (sulfide) groups is 1. The number of nitrogens with zero attached hydrogens (tertiary/aromatic N) is 2. The molecule has 1 heterocycles. The zero-order chi connectivity index (χ0) is 11.5. The van der Waals surface area contributed by atoms with Gasteiger partial charge in [-0.1, -0.05) is 17.8 Å². The van der Waals surface area contributed by atoms with Gasteiger partial charge in [0, 0.05) is 12.1 Å². The predicted octanol–water partition coefficient (Wildman–Crippen LogP) is 2.00. The molecule has 0 saturated heterocycles. The highest BCUT2D eigenvalue weighted by molar-refractivity contribution is 8.13. The van der Waals surface area contributed by atoms with Crippen LogP contribution in [0, 0.1) is 5.82 Å². The summed E-state index contributed by atoms with van der Waals surface area (Å²) in [6.07, 6.45) is 1.87. The van der Waals surface area contributed by atoms with Crippen molar-refractivity contribution < 1.29 is 9.18 Å². The van der Waals surface area contributed by atoms with Crippen molar-refractivity contribution in [1.82, 2.24) is 4.90 Å². The highest BCUT2D eigenvalue weighted by Crippen LogP contribution is 2.15. The van der Waals surface area contributed by atoms with Crippen LogP contribution in [0.4, 0.5) is 4.39 Å². The lowest BCUT2D eigenvalue weighted by Gasteiger charge is -2.16. The molecule has 0 unspecified atom stereocenters. The highest BCUT2D eigenvalue weighted by Gasteiger charge is 2.24. The smallest absolute Gasteiger partial charge is 0.259 e. The van der Waals surface area contributed by atoms with E-state index in [2.05, 4.69) is 4.99 Å². The molecule has 0 radical (unpaired) electrons. The molecule has 1 amide bonds. The van der Waals surface area contributed by atoms with Crippen molar-refractivity contribution >= 4 is 22.8 Å². The van der Waals surface area contributed by atoms with Crippen LogP contribution in [0.15, 0.2) is 29.3 Å². The van der Waals surface area contributed by atoms with Crippen LogP contribution >= 0.6 is 11.8 Å². The van der Waals surface area contributed by atoms with E-state index in [0.29, 0.717) is 23.8 Å². The summed E-state index contributed by atoms with van der Waals surface area (Å²) >= 11 is 1.43. The molecule has 0 atom stereocenters. The van der Waals surface area contributed by atoms with E-state index < -0.39 is 5.82 Å². The largest absolute Gasteiger partial charge is 0.286 e. The molecule has 1 aliphatic heterocycles. The zero-order valence-electron chi connectivity index (χ0n) is 8.81. The van der Waals surface area contributed by atoms with Gasteiger partial charge in [-0.3, -0.25) is 14.7 Å². The fourth-order valence-corrected chi connectivity index (χ4v) is 2.18. The topological polar surface area (TPSA) is 32.7 Å². The maximum Gasteiger partial charge on any atom is 0.259 e. The average molecular weight is 238 g/mol. The van der Waals surface area contributed by atoms with Crippen LogP contribution in [0.5, 0.6) is 0 Å². The summed E-state index contributed by atoms with van der Waals surface area (Å²) in [5.74, 6) is -0.585. The molecule has 84 valence electrons. The third-order valence-electron chi connectivity index (χ3n) is 2.30. The van der Waals surface area contributed by atoms with Crippen molar-refractivity contribution in [2.75, 3.05) is 19.3 Å². The van der Waals surface area contributed by atoms with Crippen LogP contribution in [0.25, 0.3) is 0 Å². The molecule has 5 heteroatoms. The van der Waals surface area contributed by atoms with Crippen molar-refractivity contribution in [2.24, 2.45) is 4.99 Å². The Morgan fingerprint density at radius 1 is 1.56 bits per heavy atom. The van der Waals surface area contributed by atoms with E-state index in [1.165, 1.54) is 30.0 Å². The Bertz CT molecular complexity index is 447. The van der Waals surface area contributed by atoms with Crippen LogP contribution in [0.2, 0.25) is 0 Å². The lowest BCUT2D eigenvalue weighted by atomic mass is 10.2. The van der Waals surface area contributed by atoms with Crippen LogP contribution in [-0.4, -0.2) is 35.3 Å². The van der Waals surface area contributed by atoms with Crippen molar-refractivity contribution in [3.05, 3.63) is 35.6 Å². The second-order valence-corrected chi connectivity index (χ2v) is 4.11. The third-order valence-corrected chi connectivity index (χ3v) is 3.02. The van der Waals surface area contributed by atoms with Crippen molar-refractivity contribution in [2.45, 2.75) is 0 Å². The second-order valence-electron chi connectivity index (χ2n) is 3.34. The molecule has 0 aliphatic carbocycles. The number of hydrogen-bond acceptors (Lipinski definition) is 3. The molecule has 0 fully saturated rings. The van der Waals surface area contributed by atoms with Gasteiger partial charge in [0.05, 0.1) is 6.54 Å². The normalized spacial score (nSPS) is 15.1. The van der Waals surface area contributed by atoms with Crippen molar-refractivity contribution in [3.63, 3.8) is 0 Å². The van der Waals surface area contributed by atoms with Crippen molar-refractivity contribution in [1.29, 1.82) is 0 Å². The molecule has 1 aromatic carbocycles. The summed E-state index contributed by atoms with van der Waals surface area (Å²) in [7, 11) is 0. The van der Waals surface area contributed by atoms with E-state index >= 15 is 0 Å². The SMILES string of the molecule is CSC1=NCCN1C(=O)c1cccc(F)c1. The molecule has 0 spiro atoms. The molecule has 16 heavy (non-hydrogen) atoms. The minimum atomic E-state index is -0.396. The first-order valence-electron chi connectivity index (χ1n) is 4.88. The number of amidine groups is 1. The first-order chi connectivity index (χ1) is 7.72. The Hall–Kier alpha value is -1.36. The summed E-state index contributed by atoms with van der Waals surface area (Å²) < 4.78 is 13.0.